The van der Waals surface area contributed by atoms with Crippen molar-refractivity contribution in [3.63, 3.8) is 0 Å². The molecule has 2 heterocycles. The SMILES string of the molecule is CC(=O)N(c1cc(C)cc(C)c1)C(C(=O)Nc1ccc(-c2cn3c(n2)sc2ccccc23)cc1)c1ccccc1. The summed E-state index contributed by atoms with van der Waals surface area (Å²) in [4.78, 5) is 34.2. The number of carbonyl (C=O) groups excluding carboxylic acids is 2. The van der Waals surface area contributed by atoms with Crippen LogP contribution in [0.5, 0.6) is 0 Å². The zero-order chi connectivity index (χ0) is 27.8. The fraction of sp³-hybridized carbons (Fsp3) is 0.121. The van der Waals surface area contributed by atoms with Crippen LogP contribution in [0.3, 0.4) is 0 Å². The number of aromatic nitrogens is 2. The molecule has 1 unspecified atom stereocenters. The Balaban J connectivity index is 1.30. The number of fused-ring (bicyclic) bond motifs is 3. The lowest BCUT2D eigenvalue weighted by molar-refractivity contribution is -0.122. The molecule has 198 valence electrons. The molecule has 0 saturated carbocycles. The Morgan fingerprint density at radius 3 is 2.25 bits per heavy atom. The van der Waals surface area contributed by atoms with Gasteiger partial charge in [0.05, 0.1) is 15.9 Å². The summed E-state index contributed by atoms with van der Waals surface area (Å²) in [6.07, 6.45) is 2.04. The van der Waals surface area contributed by atoms with E-state index in [0.717, 1.165) is 38.4 Å². The molecule has 1 atom stereocenters. The number of amides is 2. The van der Waals surface area contributed by atoms with Crippen LogP contribution in [-0.4, -0.2) is 21.2 Å². The number of rotatable bonds is 6. The Kier molecular flexibility index (Phi) is 6.66. The molecule has 1 N–H and O–H groups in total. The molecule has 0 aliphatic carbocycles. The number of nitrogens with one attached hydrogen (secondary N) is 1. The second kappa shape index (κ2) is 10.4. The first-order valence-corrected chi connectivity index (χ1v) is 13.9. The van der Waals surface area contributed by atoms with Crippen molar-refractivity contribution in [1.29, 1.82) is 0 Å². The van der Waals surface area contributed by atoms with Gasteiger partial charge >= 0.3 is 0 Å². The molecule has 0 aliphatic rings. The summed E-state index contributed by atoms with van der Waals surface area (Å²) in [6, 6.07) is 30.4. The van der Waals surface area contributed by atoms with Crippen molar-refractivity contribution in [3.8, 4) is 11.3 Å². The van der Waals surface area contributed by atoms with Crippen molar-refractivity contribution in [2.24, 2.45) is 0 Å². The molecule has 0 saturated heterocycles. The number of benzene rings is 4. The van der Waals surface area contributed by atoms with Crippen molar-refractivity contribution in [1.82, 2.24) is 9.38 Å². The molecule has 0 aliphatic heterocycles. The number of para-hydroxylation sites is 1. The minimum absolute atomic E-state index is 0.211. The largest absolute Gasteiger partial charge is 0.324 e. The van der Waals surface area contributed by atoms with Crippen LogP contribution in [0, 0.1) is 13.8 Å². The van der Waals surface area contributed by atoms with Crippen molar-refractivity contribution in [2.45, 2.75) is 26.8 Å². The van der Waals surface area contributed by atoms with E-state index in [-0.39, 0.29) is 11.8 Å². The average Bonchev–Trinajstić information content (AvgIpc) is 3.50. The predicted octanol–water partition coefficient (Wildman–Crippen LogP) is 7.57. The maximum Gasteiger partial charge on any atom is 0.252 e. The van der Waals surface area contributed by atoms with Gasteiger partial charge in [-0.1, -0.05) is 72.0 Å². The number of imidazole rings is 1. The standard InChI is InChI=1S/C33H28N4O2S/c1-21-17-22(2)19-27(18-21)37(23(3)38)31(25-9-5-4-6-10-25)32(39)34-26-15-13-24(14-16-26)28-20-36-29-11-7-8-12-30(29)40-33(36)35-28/h4-20,31H,1-3H3,(H,34,39). The lowest BCUT2D eigenvalue weighted by Crippen LogP contribution is -2.40. The summed E-state index contributed by atoms with van der Waals surface area (Å²) >= 11 is 1.66. The summed E-state index contributed by atoms with van der Waals surface area (Å²) in [5, 5.41) is 3.04. The van der Waals surface area contributed by atoms with Crippen molar-refractivity contribution in [2.75, 3.05) is 10.2 Å². The van der Waals surface area contributed by atoms with Crippen LogP contribution in [0.15, 0.2) is 103 Å². The third-order valence-corrected chi connectivity index (χ3v) is 7.93. The maximum absolute atomic E-state index is 13.8. The van der Waals surface area contributed by atoms with Gasteiger partial charge in [-0.2, -0.15) is 0 Å². The highest BCUT2D eigenvalue weighted by Gasteiger charge is 2.31. The van der Waals surface area contributed by atoms with Gasteiger partial charge in [0.25, 0.3) is 5.91 Å². The first kappa shape index (κ1) is 25.5. The van der Waals surface area contributed by atoms with Crippen molar-refractivity contribution >= 4 is 49.7 Å². The van der Waals surface area contributed by atoms with Gasteiger partial charge in [0, 0.05) is 30.1 Å². The number of aryl methyl sites for hydroxylation is 2. The van der Waals surface area contributed by atoms with Gasteiger partial charge in [-0.15, -0.1) is 0 Å². The van der Waals surface area contributed by atoms with E-state index in [1.165, 1.54) is 11.6 Å². The highest BCUT2D eigenvalue weighted by molar-refractivity contribution is 7.23. The molecule has 0 bridgehead atoms. The van der Waals surface area contributed by atoms with Crippen LogP contribution in [0.25, 0.3) is 26.4 Å². The zero-order valence-electron chi connectivity index (χ0n) is 22.5. The quantitative estimate of drug-likeness (QED) is 0.235. The van der Waals surface area contributed by atoms with E-state index in [1.54, 1.807) is 16.2 Å². The number of hydrogen-bond donors (Lipinski definition) is 1. The molecule has 40 heavy (non-hydrogen) atoms. The zero-order valence-corrected chi connectivity index (χ0v) is 23.3. The highest BCUT2D eigenvalue weighted by Crippen LogP contribution is 2.32. The third kappa shape index (κ3) is 4.87. The molecule has 2 amide bonds. The molecule has 7 heteroatoms. The number of hydrogen-bond acceptors (Lipinski definition) is 4. The van der Waals surface area contributed by atoms with Gasteiger partial charge in [-0.25, -0.2) is 4.98 Å². The molecule has 4 aromatic carbocycles. The smallest absolute Gasteiger partial charge is 0.252 e. The number of thiazole rings is 1. The molecular weight excluding hydrogens is 516 g/mol. The topological polar surface area (TPSA) is 66.7 Å². The number of carbonyl (C=O) groups is 2. The van der Waals surface area contributed by atoms with Crippen LogP contribution >= 0.6 is 11.3 Å². The normalized spacial score (nSPS) is 12.0. The van der Waals surface area contributed by atoms with Crippen molar-refractivity contribution < 1.29 is 9.59 Å². The summed E-state index contributed by atoms with van der Waals surface area (Å²) in [5.41, 5.74) is 7.08. The van der Waals surface area contributed by atoms with Crippen LogP contribution in [0.2, 0.25) is 0 Å². The highest BCUT2D eigenvalue weighted by atomic mass is 32.1. The minimum Gasteiger partial charge on any atom is -0.324 e. The van der Waals surface area contributed by atoms with Crippen LogP contribution in [-0.2, 0) is 9.59 Å². The molecule has 6 aromatic rings. The average molecular weight is 545 g/mol. The van der Waals surface area contributed by atoms with Gasteiger partial charge in [-0.3, -0.25) is 18.9 Å². The van der Waals surface area contributed by atoms with Crippen LogP contribution < -0.4 is 10.2 Å². The fourth-order valence-electron chi connectivity index (χ4n) is 5.18. The molecule has 6 nitrogen and oxygen atoms in total. The van der Waals surface area contributed by atoms with Gasteiger partial charge in [0.15, 0.2) is 4.96 Å². The molecule has 6 rings (SSSR count). The molecule has 0 fully saturated rings. The minimum atomic E-state index is -0.840. The Labute approximate surface area is 236 Å². The molecule has 0 spiro atoms. The Bertz CT molecular complexity index is 1830. The summed E-state index contributed by atoms with van der Waals surface area (Å²) in [7, 11) is 0. The van der Waals surface area contributed by atoms with E-state index in [2.05, 4.69) is 21.9 Å². The maximum atomic E-state index is 13.8. The van der Waals surface area contributed by atoms with E-state index >= 15 is 0 Å². The van der Waals surface area contributed by atoms with Crippen LogP contribution in [0.4, 0.5) is 11.4 Å². The first-order chi connectivity index (χ1) is 19.4. The second-order valence-corrected chi connectivity index (χ2v) is 11.0. The van der Waals surface area contributed by atoms with Gasteiger partial charge in [0.1, 0.15) is 6.04 Å². The molecular formula is C33H28N4O2S. The Morgan fingerprint density at radius 1 is 0.875 bits per heavy atom. The van der Waals surface area contributed by atoms with E-state index in [4.69, 9.17) is 4.98 Å². The Hall–Kier alpha value is -4.75. The van der Waals surface area contributed by atoms with E-state index in [9.17, 15) is 9.59 Å². The monoisotopic (exact) mass is 544 g/mol. The van der Waals surface area contributed by atoms with Gasteiger partial charge in [-0.05, 0) is 66.9 Å². The lowest BCUT2D eigenvalue weighted by Gasteiger charge is -2.31. The summed E-state index contributed by atoms with van der Waals surface area (Å²) < 4.78 is 3.31. The molecule has 0 radical (unpaired) electrons. The van der Waals surface area contributed by atoms with Crippen LogP contribution in [0.1, 0.15) is 29.7 Å². The van der Waals surface area contributed by atoms with Gasteiger partial charge in [0.2, 0.25) is 5.91 Å². The number of nitrogens with zero attached hydrogens (tertiary/aromatic N) is 3. The predicted molar refractivity (Wildman–Crippen MR) is 163 cm³/mol. The van der Waals surface area contributed by atoms with Gasteiger partial charge < -0.3 is 5.32 Å². The second-order valence-electron chi connectivity index (χ2n) is 9.96. The summed E-state index contributed by atoms with van der Waals surface area (Å²) in [5.74, 6) is -0.501. The third-order valence-electron chi connectivity index (χ3n) is 6.89. The lowest BCUT2D eigenvalue weighted by atomic mass is 10.0. The first-order valence-electron chi connectivity index (χ1n) is 13.1. The van der Waals surface area contributed by atoms with E-state index in [0.29, 0.717) is 11.4 Å². The fourth-order valence-corrected chi connectivity index (χ4v) is 6.19. The number of anilines is 2. The van der Waals surface area contributed by atoms with Crippen molar-refractivity contribution in [3.05, 3.63) is 120 Å². The van der Waals surface area contributed by atoms with E-state index in [1.807, 2.05) is 105 Å². The molecule has 2 aromatic heterocycles. The van der Waals surface area contributed by atoms with E-state index < -0.39 is 6.04 Å². The summed E-state index contributed by atoms with van der Waals surface area (Å²) in [6.45, 7) is 5.47. The Morgan fingerprint density at radius 2 is 1.55 bits per heavy atom.